The number of H-pyrrole nitrogens is 2. The van der Waals surface area contributed by atoms with Gasteiger partial charge in [0.1, 0.15) is 11.2 Å². The number of nitrogens with one attached hydrogen (secondary N) is 2. The lowest BCUT2D eigenvalue weighted by atomic mass is 10.0. The highest BCUT2D eigenvalue weighted by atomic mass is 15.3. The van der Waals surface area contributed by atoms with E-state index in [0.29, 0.717) is 0 Å². The van der Waals surface area contributed by atoms with E-state index < -0.39 is 0 Å². The van der Waals surface area contributed by atoms with Crippen molar-refractivity contribution >= 4 is 27.6 Å². The predicted molar refractivity (Wildman–Crippen MR) is 153 cm³/mol. The molecule has 0 spiro atoms. The number of hydrogen-bond donors (Lipinski definition) is 2. The average Bonchev–Trinajstić information content (AvgIpc) is 3.58. The number of imidazole rings is 1. The number of benzene rings is 2. The van der Waals surface area contributed by atoms with Crippen LogP contribution in [0.4, 0.5) is 5.69 Å². The first-order chi connectivity index (χ1) is 18.7. The Morgan fingerprint density at radius 1 is 0.842 bits per heavy atom. The minimum absolute atomic E-state index is 0.793. The van der Waals surface area contributed by atoms with E-state index in [1.165, 1.54) is 43.6 Å². The van der Waals surface area contributed by atoms with Crippen molar-refractivity contribution in [1.82, 2.24) is 34.9 Å². The SMILES string of the molecule is CN1CCN(c2cccc3[nH]c(-c4n[nH]c5ccc(-c6cncc(CN7CCCCC7)c6)cc45)nc23)CC1. The van der Waals surface area contributed by atoms with E-state index in [2.05, 4.69) is 84.4 Å². The van der Waals surface area contributed by atoms with Crippen LogP contribution in [-0.4, -0.2) is 81.3 Å². The van der Waals surface area contributed by atoms with Gasteiger partial charge in [0.25, 0.3) is 0 Å². The van der Waals surface area contributed by atoms with Crippen LogP contribution in [-0.2, 0) is 6.54 Å². The number of rotatable bonds is 5. The molecule has 2 aliphatic rings. The molecule has 0 bridgehead atoms. The molecule has 3 aromatic heterocycles. The fourth-order valence-corrected chi connectivity index (χ4v) is 5.91. The lowest BCUT2D eigenvalue weighted by Gasteiger charge is -2.34. The maximum atomic E-state index is 5.07. The largest absolute Gasteiger partial charge is 0.367 e. The molecule has 5 aromatic rings. The number of aromatic amines is 2. The minimum atomic E-state index is 0.793. The van der Waals surface area contributed by atoms with Gasteiger partial charge in [-0.05, 0) is 74.4 Å². The number of nitrogens with zero attached hydrogens (tertiary/aromatic N) is 6. The van der Waals surface area contributed by atoms with Gasteiger partial charge in [0.15, 0.2) is 5.82 Å². The second-order valence-electron chi connectivity index (χ2n) is 10.8. The van der Waals surface area contributed by atoms with Crippen molar-refractivity contribution < 1.29 is 0 Å². The summed E-state index contributed by atoms with van der Waals surface area (Å²) < 4.78 is 0. The molecular weight excluding hydrogens is 472 g/mol. The van der Waals surface area contributed by atoms with Crippen molar-refractivity contribution in [3.63, 3.8) is 0 Å². The van der Waals surface area contributed by atoms with Gasteiger partial charge in [-0.15, -0.1) is 0 Å². The molecule has 194 valence electrons. The number of pyridine rings is 1. The third-order valence-corrected chi connectivity index (χ3v) is 8.11. The molecule has 0 aliphatic carbocycles. The summed E-state index contributed by atoms with van der Waals surface area (Å²) in [5.41, 5.74) is 8.63. The lowest BCUT2D eigenvalue weighted by Crippen LogP contribution is -2.44. The van der Waals surface area contributed by atoms with E-state index in [4.69, 9.17) is 4.98 Å². The number of likely N-dealkylation sites (N-methyl/N-ethyl adjacent to an activating group) is 1. The van der Waals surface area contributed by atoms with Gasteiger partial charge < -0.3 is 14.8 Å². The van der Waals surface area contributed by atoms with Crippen molar-refractivity contribution in [2.75, 3.05) is 51.2 Å². The van der Waals surface area contributed by atoms with Crippen LogP contribution >= 0.6 is 0 Å². The summed E-state index contributed by atoms with van der Waals surface area (Å²) >= 11 is 0. The van der Waals surface area contributed by atoms with Crippen LogP contribution in [0.1, 0.15) is 24.8 Å². The van der Waals surface area contributed by atoms with E-state index in [1.54, 1.807) is 0 Å². The van der Waals surface area contributed by atoms with Crippen molar-refractivity contribution in [3.8, 4) is 22.6 Å². The number of hydrogen-bond acceptors (Lipinski definition) is 6. The van der Waals surface area contributed by atoms with Crippen LogP contribution in [0.25, 0.3) is 44.6 Å². The Morgan fingerprint density at radius 2 is 1.71 bits per heavy atom. The Labute approximate surface area is 222 Å². The first kappa shape index (κ1) is 23.4. The second-order valence-corrected chi connectivity index (χ2v) is 10.8. The van der Waals surface area contributed by atoms with Crippen LogP contribution < -0.4 is 4.90 Å². The number of para-hydroxylation sites is 1. The Balaban J connectivity index is 1.22. The molecule has 7 rings (SSSR count). The van der Waals surface area contributed by atoms with Crippen LogP contribution in [0.3, 0.4) is 0 Å². The van der Waals surface area contributed by atoms with E-state index in [9.17, 15) is 0 Å². The molecule has 0 saturated carbocycles. The summed E-state index contributed by atoms with van der Waals surface area (Å²) in [7, 11) is 2.18. The standard InChI is InChI=1S/C30H34N8/c1-36-12-14-38(15-13-36)27-7-5-6-26-29(27)33-30(32-26)28-24-17-22(8-9-25(24)34-35-28)23-16-21(18-31-19-23)20-37-10-3-2-4-11-37/h5-9,16-19H,2-4,10-15,20H2,1H3,(H,32,33)(H,34,35). The molecule has 38 heavy (non-hydrogen) atoms. The highest BCUT2D eigenvalue weighted by Gasteiger charge is 2.20. The highest BCUT2D eigenvalue weighted by molar-refractivity contribution is 5.97. The number of anilines is 1. The number of aromatic nitrogens is 5. The summed E-state index contributed by atoms with van der Waals surface area (Å²) in [5, 5.41) is 8.95. The van der Waals surface area contributed by atoms with Gasteiger partial charge in [0, 0.05) is 56.1 Å². The van der Waals surface area contributed by atoms with Gasteiger partial charge in [-0.25, -0.2) is 4.98 Å². The van der Waals surface area contributed by atoms with Crippen LogP contribution in [0, 0.1) is 0 Å². The molecule has 8 heteroatoms. The summed E-state index contributed by atoms with van der Waals surface area (Å²) in [6, 6.07) is 15.2. The number of piperidine rings is 1. The highest BCUT2D eigenvalue weighted by Crippen LogP contribution is 2.33. The summed E-state index contributed by atoms with van der Waals surface area (Å²) in [5.74, 6) is 0.793. The smallest absolute Gasteiger partial charge is 0.159 e. The zero-order valence-corrected chi connectivity index (χ0v) is 22.0. The van der Waals surface area contributed by atoms with Crippen LogP contribution in [0.15, 0.2) is 54.9 Å². The number of fused-ring (bicyclic) bond motifs is 2. The van der Waals surface area contributed by atoms with Gasteiger partial charge in [-0.2, -0.15) is 5.10 Å². The topological polar surface area (TPSA) is 80.0 Å². The summed E-state index contributed by atoms with van der Waals surface area (Å²) in [6.45, 7) is 7.48. The summed E-state index contributed by atoms with van der Waals surface area (Å²) in [6.07, 6.45) is 7.91. The van der Waals surface area contributed by atoms with Crippen molar-refractivity contribution in [2.45, 2.75) is 25.8 Å². The maximum Gasteiger partial charge on any atom is 0.159 e. The Hall–Kier alpha value is -3.75. The molecule has 0 unspecified atom stereocenters. The molecule has 5 heterocycles. The molecule has 2 aliphatic heterocycles. The van der Waals surface area contributed by atoms with E-state index in [0.717, 1.165) is 77.3 Å². The molecule has 2 N–H and O–H groups in total. The molecule has 2 fully saturated rings. The number of likely N-dealkylation sites (tertiary alicyclic amines) is 1. The van der Waals surface area contributed by atoms with Gasteiger partial charge in [-0.1, -0.05) is 18.6 Å². The van der Waals surface area contributed by atoms with E-state index >= 15 is 0 Å². The van der Waals surface area contributed by atoms with E-state index in [-0.39, 0.29) is 0 Å². The summed E-state index contributed by atoms with van der Waals surface area (Å²) in [4.78, 5) is 20.6. The van der Waals surface area contributed by atoms with E-state index in [1.807, 2.05) is 12.4 Å². The fourth-order valence-electron chi connectivity index (χ4n) is 5.91. The predicted octanol–water partition coefficient (Wildman–Crippen LogP) is 4.91. The van der Waals surface area contributed by atoms with Gasteiger partial charge >= 0.3 is 0 Å². The Bertz CT molecular complexity index is 1570. The third-order valence-electron chi connectivity index (χ3n) is 8.11. The second kappa shape index (κ2) is 9.85. The monoisotopic (exact) mass is 506 g/mol. The Kier molecular flexibility index (Phi) is 6.06. The quantitative estimate of drug-likeness (QED) is 0.353. The molecule has 0 atom stereocenters. The molecule has 0 radical (unpaired) electrons. The molecule has 0 amide bonds. The third kappa shape index (κ3) is 4.44. The zero-order chi connectivity index (χ0) is 25.5. The maximum absolute atomic E-state index is 5.07. The molecule has 8 nitrogen and oxygen atoms in total. The molecule has 2 aromatic carbocycles. The normalized spacial score (nSPS) is 17.6. The minimum Gasteiger partial charge on any atom is -0.367 e. The van der Waals surface area contributed by atoms with Gasteiger partial charge in [-0.3, -0.25) is 15.0 Å². The van der Waals surface area contributed by atoms with Crippen molar-refractivity contribution in [3.05, 3.63) is 60.4 Å². The number of piperazine rings is 1. The molecule has 2 saturated heterocycles. The zero-order valence-electron chi connectivity index (χ0n) is 22.0. The lowest BCUT2D eigenvalue weighted by molar-refractivity contribution is 0.220. The van der Waals surface area contributed by atoms with Crippen molar-refractivity contribution in [2.24, 2.45) is 0 Å². The van der Waals surface area contributed by atoms with Gasteiger partial charge in [0.05, 0.1) is 16.7 Å². The first-order valence-corrected chi connectivity index (χ1v) is 13.8. The fraction of sp³-hybridized carbons (Fsp3) is 0.367. The van der Waals surface area contributed by atoms with Crippen molar-refractivity contribution in [1.29, 1.82) is 0 Å². The average molecular weight is 507 g/mol. The first-order valence-electron chi connectivity index (χ1n) is 13.8. The van der Waals surface area contributed by atoms with Gasteiger partial charge in [0.2, 0.25) is 0 Å². The van der Waals surface area contributed by atoms with Crippen LogP contribution in [0.2, 0.25) is 0 Å². The Morgan fingerprint density at radius 3 is 2.58 bits per heavy atom. The van der Waals surface area contributed by atoms with Crippen LogP contribution in [0.5, 0.6) is 0 Å². The molecular formula is C30H34N8.